The summed E-state index contributed by atoms with van der Waals surface area (Å²) in [5.74, 6) is 2.32. The van der Waals surface area contributed by atoms with E-state index in [9.17, 15) is 4.79 Å². The van der Waals surface area contributed by atoms with Crippen molar-refractivity contribution in [2.45, 2.75) is 20.1 Å². The molecule has 3 aromatic rings. The molecule has 0 radical (unpaired) electrons. The summed E-state index contributed by atoms with van der Waals surface area (Å²) < 4.78 is 16.9. The van der Waals surface area contributed by atoms with Crippen LogP contribution in [0.15, 0.2) is 59.0 Å². The third kappa shape index (κ3) is 5.26. The first-order chi connectivity index (χ1) is 15.5. The second-order valence-corrected chi connectivity index (χ2v) is 8.27. The van der Waals surface area contributed by atoms with Crippen LogP contribution in [-0.2, 0) is 13.2 Å². The van der Waals surface area contributed by atoms with Crippen molar-refractivity contribution in [2.24, 2.45) is 0 Å². The van der Waals surface area contributed by atoms with Gasteiger partial charge in [0.05, 0.1) is 12.1 Å². The Morgan fingerprint density at radius 2 is 1.84 bits per heavy atom. The molecule has 4 rings (SSSR count). The van der Waals surface area contributed by atoms with Gasteiger partial charge in [-0.05, 0) is 48.4 Å². The Balaban J connectivity index is 1.29. The van der Waals surface area contributed by atoms with Crippen LogP contribution in [0, 0.1) is 6.92 Å². The maximum absolute atomic E-state index is 12.9. The van der Waals surface area contributed by atoms with E-state index in [1.807, 2.05) is 42.2 Å². The highest BCUT2D eigenvalue weighted by molar-refractivity contribution is 6.32. The van der Waals surface area contributed by atoms with Crippen LogP contribution in [0.3, 0.4) is 0 Å². The highest BCUT2D eigenvalue weighted by Crippen LogP contribution is 2.29. The van der Waals surface area contributed by atoms with E-state index in [1.165, 1.54) is 5.56 Å². The van der Waals surface area contributed by atoms with E-state index in [2.05, 4.69) is 11.0 Å². The van der Waals surface area contributed by atoms with Crippen molar-refractivity contribution in [3.05, 3.63) is 82.3 Å². The first-order valence-corrected chi connectivity index (χ1v) is 11.0. The molecule has 2 heterocycles. The van der Waals surface area contributed by atoms with Crippen LogP contribution in [0.4, 0.5) is 0 Å². The Kier molecular flexibility index (Phi) is 7.02. The van der Waals surface area contributed by atoms with Gasteiger partial charge in [-0.1, -0.05) is 35.9 Å². The molecule has 0 spiro atoms. The van der Waals surface area contributed by atoms with Gasteiger partial charge >= 0.3 is 0 Å². The summed E-state index contributed by atoms with van der Waals surface area (Å²) >= 11 is 6.20. The lowest BCUT2D eigenvalue weighted by Crippen LogP contribution is -2.48. The molecule has 1 aromatic heterocycles. The number of hydrogen-bond donors (Lipinski definition) is 0. The van der Waals surface area contributed by atoms with Gasteiger partial charge in [0.1, 0.15) is 23.9 Å². The minimum Gasteiger partial charge on any atom is -0.497 e. The van der Waals surface area contributed by atoms with Crippen molar-refractivity contribution in [2.75, 3.05) is 33.3 Å². The Hall–Kier alpha value is -2.96. The molecule has 1 aliphatic heterocycles. The van der Waals surface area contributed by atoms with Gasteiger partial charge in [-0.15, -0.1) is 0 Å². The number of ether oxygens (including phenoxy) is 2. The molecule has 1 saturated heterocycles. The van der Waals surface area contributed by atoms with Gasteiger partial charge in [-0.25, -0.2) is 0 Å². The number of halogens is 1. The molecule has 7 heteroatoms. The number of piperazine rings is 1. The maximum atomic E-state index is 12.9. The van der Waals surface area contributed by atoms with Crippen LogP contribution in [0.25, 0.3) is 0 Å². The first kappa shape index (κ1) is 22.2. The lowest BCUT2D eigenvalue weighted by molar-refractivity contribution is 0.0594. The van der Waals surface area contributed by atoms with Crippen LogP contribution >= 0.6 is 11.6 Å². The third-order valence-corrected chi connectivity index (χ3v) is 5.89. The second kappa shape index (κ2) is 10.1. The van der Waals surface area contributed by atoms with E-state index >= 15 is 0 Å². The van der Waals surface area contributed by atoms with E-state index in [4.69, 9.17) is 25.5 Å². The molecule has 0 unspecified atom stereocenters. The largest absolute Gasteiger partial charge is 0.497 e. The van der Waals surface area contributed by atoms with E-state index in [0.29, 0.717) is 35.4 Å². The van der Waals surface area contributed by atoms with Gasteiger partial charge in [0.25, 0.3) is 5.91 Å². The first-order valence-electron chi connectivity index (χ1n) is 10.6. The fourth-order valence-corrected chi connectivity index (χ4v) is 4.08. The molecular weight excluding hydrogens is 428 g/mol. The normalized spacial score (nSPS) is 14.4. The Morgan fingerprint density at radius 1 is 1.06 bits per heavy atom. The SMILES string of the molecule is COc1cccc(CN2CCN(C(=O)c3ccc(COc4c(C)cccc4Cl)o3)CC2)c1. The van der Waals surface area contributed by atoms with Crippen molar-refractivity contribution in [1.29, 1.82) is 0 Å². The number of carbonyl (C=O) groups is 1. The third-order valence-electron chi connectivity index (χ3n) is 5.59. The number of methoxy groups -OCH3 is 1. The molecule has 32 heavy (non-hydrogen) atoms. The summed E-state index contributed by atoms with van der Waals surface area (Å²) in [5, 5.41) is 0.555. The van der Waals surface area contributed by atoms with Crippen molar-refractivity contribution in [1.82, 2.24) is 9.80 Å². The fourth-order valence-electron chi connectivity index (χ4n) is 3.81. The molecule has 2 aromatic carbocycles. The number of carbonyl (C=O) groups excluding carboxylic acids is 1. The van der Waals surface area contributed by atoms with Crippen molar-refractivity contribution < 1.29 is 18.7 Å². The van der Waals surface area contributed by atoms with E-state index in [-0.39, 0.29) is 12.5 Å². The topological polar surface area (TPSA) is 55.2 Å². The molecule has 6 nitrogen and oxygen atoms in total. The lowest BCUT2D eigenvalue weighted by Gasteiger charge is -2.34. The quantitative estimate of drug-likeness (QED) is 0.514. The molecule has 0 N–H and O–H groups in total. The summed E-state index contributed by atoms with van der Waals surface area (Å²) in [6, 6.07) is 17.2. The second-order valence-electron chi connectivity index (χ2n) is 7.86. The number of aryl methyl sites for hydroxylation is 1. The van der Waals surface area contributed by atoms with E-state index in [0.717, 1.165) is 30.9 Å². The molecule has 1 aliphatic rings. The van der Waals surface area contributed by atoms with Crippen LogP contribution in [0.2, 0.25) is 5.02 Å². The summed E-state index contributed by atoms with van der Waals surface area (Å²) in [6.45, 7) is 5.93. The molecule has 0 atom stereocenters. The summed E-state index contributed by atoms with van der Waals surface area (Å²) in [7, 11) is 1.67. The average molecular weight is 455 g/mol. The average Bonchev–Trinajstić information content (AvgIpc) is 3.28. The number of nitrogens with zero attached hydrogens (tertiary/aromatic N) is 2. The Bertz CT molecular complexity index is 1050. The van der Waals surface area contributed by atoms with Gasteiger partial charge in [-0.2, -0.15) is 0 Å². The number of furan rings is 1. The van der Waals surface area contributed by atoms with Crippen LogP contribution < -0.4 is 9.47 Å². The molecule has 0 bridgehead atoms. The van der Waals surface area contributed by atoms with Gasteiger partial charge in [0.15, 0.2) is 5.76 Å². The molecule has 168 valence electrons. The smallest absolute Gasteiger partial charge is 0.289 e. The number of benzene rings is 2. The van der Waals surface area contributed by atoms with Gasteiger partial charge in [-0.3, -0.25) is 9.69 Å². The molecule has 1 fully saturated rings. The minimum absolute atomic E-state index is 0.0915. The zero-order chi connectivity index (χ0) is 22.5. The predicted molar refractivity (Wildman–Crippen MR) is 123 cm³/mol. The molecule has 1 amide bonds. The highest BCUT2D eigenvalue weighted by atomic mass is 35.5. The Labute approximate surface area is 193 Å². The van der Waals surface area contributed by atoms with Gasteiger partial charge in [0, 0.05) is 32.7 Å². The number of amides is 1. The van der Waals surface area contributed by atoms with Crippen LogP contribution in [-0.4, -0.2) is 49.0 Å². The van der Waals surface area contributed by atoms with Crippen LogP contribution in [0.1, 0.15) is 27.4 Å². The van der Waals surface area contributed by atoms with Crippen molar-refractivity contribution in [3.8, 4) is 11.5 Å². The van der Waals surface area contributed by atoms with Crippen LogP contribution in [0.5, 0.6) is 11.5 Å². The number of para-hydroxylation sites is 1. The molecule has 0 saturated carbocycles. The van der Waals surface area contributed by atoms with E-state index < -0.39 is 0 Å². The van der Waals surface area contributed by atoms with Crippen molar-refractivity contribution >= 4 is 17.5 Å². The summed E-state index contributed by atoms with van der Waals surface area (Å²) in [5.41, 5.74) is 2.15. The number of hydrogen-bond acceptors (Lipinski definition) is 5. The van der Waals surface area contributed by atoms with Gasteiger partial charge in [0.2, 0.25) is 0 Å². The maximum Gasteiger partial charge on any atom is 0.289 e. The standard InChI is InChI=1S/C25H27ClN2O4/c1-18-5-3-8-22(26)24(18)31-17-21-9-10-23(32-21)25(29)28-13-11-27(12-14-28)16-19-6-4-7-20(15-19)30-2/h3-10,15H,11-14,16-17H2,1-2H3. The van der Waals surface area contributed by atoms with Crippen molar-refractivity contribution in [3.63, 3.8) is 0 Å². The minimum atomic E-state index is -0.0915. The zero-order valence-electron chi connectivity index (χ0n) is 18.3. The van der Waals surface area contributed by atoms with E-state index in [1.54, 1.807) is 25.3 Å². The lowest BCUT2D eigenvalue weighted by atomic mass is 10.2. The fraction of sp³-hybridized carbons (Fsp3) is 0.320. The summed E-state index contributed by atoms with van der Waals surface area (Å²) in [4.78, 5) is 17.1. The highest BCUT2D eigenvalue weighted by Gasteiger charge is 2.24. The zero-order valence-corrected chi connectivity index (χ0v) is 19.1. The number of rotatable bonds is 7. The molecular formula is C25H27ClN2O4. The monoisotopic (exact) mass is 454 g/mol. The Morgan fingerprint density at radius 3 is 2.59 bits per heavy atom. The van der Waals surface area contributed by atoms with Gasteiger partial charge < -0.3 is 18.8 Å². The predicted octanol–water partition coefficient (Wildman–Crippen LogP) is 4.79. The molecule has 0 aliphatic carbocycles. The summed E-state index contributed by atoms with van der Waals surface area (Å²) in [6.07, 6.45) is 0.